The lowest BCUT2D eigenvalue weighted by atomic mass is 10.1. The Labute approximate surface area is 103 Å². The summed E-state index contributed by atoms with van der Waals surface area (Å²) in [4.78, 5) is 10.9. The smallest absolute Gasteiger partial charge is 0.305 e. The Morgan fingerprint density at radius 1 is 1.61 bits per heavy atom. The van der Waals surface area contributed by atoms with Gasteiger partial charge in [0.25, 0.3) is 0 Å². The van der Waals surface area contributed by atoms with Crippen LogP contribution in [0.4, 0.5) is 0 Å². The van der Waals surface area contributed by atoms with E-state index in [0.29, 0.717) is 18.0 Å². The molecule has 1 unspecified atom stereocenters. The maximum Gasteiger partial charge on any atom is 0.305 e. The first-order valence-corrected chi connectivity index (χ1v) is 5.76. The van der Waals surface area contributed by atoms with E-state index >= 15 is 0 Å². The fraction of sp³-hybridized carbons (Fsp3) is 0.455. The highest BCUT2D eigenvalue weighted by Gasteiger charge is 2.21. The van der Waals surface area contributed by atoms with E-state index in [4.69, 9.17) is 9.52 Å². The molecule has 2 rings (SSSR count). The van der Waals surface area contributed by atoms with Gasteiger partial charge in [-0.2, -0.15) is 0 Å². The Morgan fingerprint density at radius 3 is 3.06 bits per heavy atom. The first-order valence-electron chi connectivity index (χ1n) is 5.76. The molecule has 2 heterocycles. The van der Waals surface area contributed by atoms with Crippen molar-refractivity contribution < 1.29 is 14.3 Å². The number of carboxylic acid groups (broad SMARTS) is 1. The summed E-state index contributed by atoms with van der Waals surface area (Å²) in [7, 11) is 0. The second kappa shape index (κ2) is 5.44. The van der Waals surface area contributed by atoms with Gasteiger partial charge in [0, 0.05) is 0 Å². The molecule has 0 bridgehead atoms. The third kappa shape index (κ3) is 2.55. The van der Waals surface area contributed by atoms with E-state index in [1.165, 1.54) is 10.9 Å². The SMILES string of the molecule is CCCC(CC(=O)O)n1nnnc1-c1ccco1. The van der Waals surface area contributed by atoms with Crippen LogP contribution in [0.25, 0.3) is 11.6 Å². The first-order chi connectivity index (χ1) is 8.72. The van der Waals surface area contributed by atoms with E-state index in [9.17, 15) is 4.79 Å². The van der Waals surface area contributed by atoms with Crippen molar-refractivity contribution in [3.8, 4) is 11.6 Å². The zero-order valence-electron chi connectivity index (χ0n) is 9.98. The number of nitrogens with zero attached hydrogens (tertiary/aromatic N) is 4. The summed E-state index contributed by atoms with van der Waals surface area (Å²) in [6.07, 6.45) is 3.08. The summed E-state index contributed by atoms with van der Waals surface area (Å²) in [6, 6.07) is 3.22. The van der Waals surface area contributed by atoms with Crippen molar-refractivity contribution >= 4 is 5.97 Å². The molecule has 0 amide bonds. The average molecular weight is 250 g/mol. The van der Waals surface area contributed by atoms with Crippen LogP contribution in [0.1, 0.15) is 32.2 Å². The van der Waals surface area contributed by atoms with Crippen LogP contribution in [0.3, 0.4) is 0 Å². The number of aromatic nitrogens is 4. The quantitative estimate of drug-likeness (QED) is 0.839. The summed E-state index contributed by atoms with van der Waals surface area (Å²) < 4.78 is 6.77. The van der Waals surface area contributed by atoms with E-state index in [-0.39, 0.29) is 12.5 Å². The molecule has 7 nitrogen and oxygen atoms in total. The van der Waals surface area contributed by atoms with Gasteiger partial charge in [-0.1, -0.05) is 13.3 Å². The molecule has 2 aromatic heterocycles. The average Bonchev–Trinajstić information content (AvgIpc) is 2.98. The highest BCUT2D eigenvalue weighted by molar-refractivity contribution is 5.67. The minimum atomic E-state index is -0.866. The lowest BCUT2D eigenvalue weighted by molar-refractivity contribution is -0.138. The Balaban J connectivity index is 2.30. The van der Waals surface area contributed by atoms with E-state index in [1.807, 2.05) is 6.92 Å². The van der Waals surface area contributed by atoms with Gasteiger partial charge in [-0.15, -0.1) is 5.10 Å². The van der Waals surface area contributed by atoms with Crippen molar-refractivity contribution in [3.05, 3.63) is 18.4 Å². The van der Waals surface area contributed by atoms with Crippen LogP contribution in [0, 0.1) is 0 Å². The van der Waals surface area contributed by atoms with Gasteiger partial charge in [0.1, 0.15) is 0 Å². The third-order valence-electron chi connectivity index (χ3n) is 2.61. The molecule has 96 valence electrons. The van der Waals surface area contributed by atoms with E-state index in [1.54, 1.807) is 12.1 Å². The summed E-state index contributed by atoms with van der Waals surface area (Å²) in [5, 5.41) is 20.3. The molecule has 0 aliphatic carbocycles. The molecule has 18 heavy (non-hydrogen) atoms. The van der Waals surface area contributed by atoms with Gasteiger partial charge in [0.2, 0.25) is 5.82 Å². The predicted octanol–water partition coefficient (Wildman–Crippen LogP) is 1.75. The summed E-state index contributed by atoms with van der Waals surface area (Å²) >= 11 is 0. The Hall–Kier alpha value is -2.18. The molecule has 0 fully saturated rings. The number of hydrogen-bond acceptors (Lipinski definition) is 5. The van der Waals surface area contributed by atoms with Crippen LogP contribution in [-0.4, -0.2) is 31.3 Å². The van der Waals surface area contributed by atoms with Crippen molar-refractivity contribution in [2.45, 2.75) is 32.2 Å². The van der Waals surface area contributed by atoms with Crippen LogP contribution < -0.4 is 0 Å². The molecule has 0 aromatic carbocycles. The number of furan rings is 1. The number of rotatable bonds is 6. The molecular formula is C11H14N4O3. The highest BCUT2D eigenvalue weighted by Crippen LogP contribution is 2.24. The van der Waals surface area contributed by atoms with Crippen LogP contribution in [0.15, 0.2) is 22.8 Å². The van der Waals surface area contributed by atoms with Gasteiger partial charge >= 0.3 is 5.97 Å². The molecule has 7 heteroatoms. The van der Waals surface area contributed by atoms with Gasteiger partial charge in [-0.25, -0.2) is 4.68 Å². The predicted molar refractivity (Wildman–Crippen MR) is 61.7 cm³/mol. The van der Waals surface area contributed by atoms with Crippen molar-refractivity contribution in [1.82, 2.24) is 20.2 Å². The summed E-state index contributed by atoms with van der Waals surface area (Å²) in [6.45, 7) is 1.99. The van der Waals surface area contributed by atoms with E-state index in [0.717, 1.165) is 6.42 Å². The standard InChI is InChI=1S/C11H14N4O3/c1-2-4-8(7-10(16)17)15-11(12-13-14-15)9-5-3-6-18-9/h3,5-6,8H,2,4,7H2,1H3,(H,16,17). The number of hydrogen-bond donors (Lipinski definition) is 1. The fourth-order valence-electron chi connectivity index (χ4n) is 1.85. The molecule has 0 saturated heterocycles. The highest BCUT2D eigenvalue weighted by atomic mass is 16.4. The minimum Gasteiger partial charge on any atom is -0.481 e. The fourth-order valence-corrected chi connectivity index (χ4v) is 1.85. The lowest BCUT2D eigenvalue weighted by Crippen LogP contribution is -2.16. The molecule has 0 aliphatic heterocycles. The summed E-state index contributed by atoms with van der Waals surface area (Å²) in [5.74, 6) is 0.125. The molecule has 0 radical (unpaired) electrons. The van der Waals surface area contributed by atoms with Gasteiger partial charge in [-0.05, 0) is 29.0 Å². The van der Waals surface area contributed by atoms with Crippen LogP contribution in [0.5, 0.6) is 0 Å². The normalized spacial score (nSPS) is 12.5. The van der Waals surface area contributed by atoms with Crippen molar-refractivity contribution in [2.75, 3.05) is 0 Å². The number of aliphatic carboxylic acids is 1. The summed E-state index contributed by atoms with van der Waals surface area (Å²) in [5.41, 5.74) is 0. The second-order valence-corrected chi connectivity index (χ2v) is 3.96. The maximum absolute atomic E-state index is 10.9. The van der Waals surface area contributed by atoms with Crippen LogP contribution in [0.2, 0.25) is 0 Å². The molecule has 2 aromatic rings. The van der Waals surface area contributed by atoms with Crippen molar-refractivity contribution in [1.29, 1.82) is 0 Å². The third-order valence-corrected chi connectivity index (χ3v) is 2.61. The molecule has 1 N–H and O–H groups in total. The molecule has 0 saturated carbocycles. The number of carbonyl (C=O) groups is 1. The van der Waals surface area contributed by atoms with E-state index in [2.05, 4.69) is 15.5 Å². The molecular weight excluding hydrogens is 236 g/mol. The van der Waals surface area contributed by atoms with Crippen molar-refractivity contribution in [2.24, 2.45) is 0 Å². The van der Waals surface area contributed by atoms with E-state index < -0.39 is 5.97 Å². The first kappa shape index (κ1) is 12.3. The van der Waals surface area contributed by atoms with Gasteiger partial charge in [-0.3, -0.25) is 4.79 Å². The molecule has 0 aliphatic rings. The van der Waals surface area contributed by atoms with Gasteiger partial charge in [0.05, 0.1) is 18.7 Å². The largest absolute Gasteiger partial charge is 0.481 e. The molecule has 1 atom stereocenters. The van der Waals surface area contributed by atoms with Crippen molar-refractivity contribution in [3.63, 3.8) is 0 Å². The second-order valence-electron chi connectivity index (χ2n) is 3.96. The monoisotopic (exact) mass is 250 g/mol. The lowest BCUT2D eigenvalue weighted by Gasteiger charge is -2.14. The Bertz CT molecular complexity index is 506. The van der Waals surface area contributed by atoms with Crippen LogP contribution in [-0.2, 0) is 4.79 Å². The van der Waals surface area contributed by atoms with Gasteiger partial charge in [0.15, 0.2) is 5.76 Å². The maximum atomic E-state index is 10.9. The Morgan fingerprint density at radius 2 is 2.44 bits per heavy atom. The zero-order chi connectivity index (χ0) is 13.0. The number of tetrazole rings is 1. The number of carboxylic acids is 1. The Kier molecular flexibility index (Phi) is 3.71. The minimum absolute atomic E-state index is 0.00735. The van der Waals surface area contributed by atoms with Gasteiger partial charge < -0.3 is 9.52 Å². The molecule has 0 spiro atoms. The van der Waals surface area contributed by atoms with Crippen LogP contribution >= 0.6 is 0 Å². The zero-order valence-corrected chi connectivity index (χ0v) is 9.98. The topological polar surface area (TPSA) is 94.0 Å².